The summed E-state index contributed by atoms with van der Waals surface area (Å²) >= 11 is 0. The van der Waals surface area contributed by atoms with Crippen LogP contribution in [0.15, 0.2) is 0 Å². The molecular formula is C16H26N2O4. The maximum Gasteiger partial charge on any atom is 0.321 e. The average Bonchev–Trinajstić information content (AvgIpc) is 2.96. The Bertz CT molecular complexity index is 456. The number of rotatable bonds is 4. The summed E-state index contributed by atoms with van der Waals surface area (Å²) in [5.74, 6) is 0.904. The largest absolute Gasteiger partial charge is 0.456 e. The van der Waals surface area contributed by atoms with Crippen LogP contribution >= 0.6 is 0 Å². The Morgan fingerprint density at radius 2 is 1.86 bits per heavy atom. The first-order valence-corrected chi connectivity index (χ1v) is 8.00. The predicted octanol–water partition coefficient (Wildman–Crippen LogP) is 1.98. The second-order valence-electron chi connectivity index (χ2n) is 7.55. The smallest absolute Gasteiger partial charge is 0.321 e. The number of hydrogen-bond acceptors (Lipinski definition) is 4. The highest BCUT2D eigenvalue weighted by molar-refractivity contribution is 5.95. The first-order valence-electron chi connectivity index (χ1n) is 8.00. The molecule has 0 unspecified atom stereocenters. The molecule has 0 heterocycles. The van der Waals surface area contributed by atoms with Crippen LogP contribution in [-0.4, -0.2) is 30.1 Å². The van der Waals surface area contributed by atoms with Crippen molar-refractivity contribution in [3.8, 4) is 0 Å². The van der Waals surface area contributed by atoms with E-state index in [-0.39, 0.29) is 5.97 Å². The maximum atomic E-state index is 11.8. The molecule has 22 heavy (non-hydrogen) atoms. The van der Waals surface area contributed by atoms with E-state index in [2.05, 4.69) is 10.6 Å². The Kier molecular flexibility index (Phi) is 5.08. The Balaban J connectivity index is 1.63. The molecule has 0 aromatic rings. The molecular weight excluding hydrogens is 284 g/mol. The van der Waals surface area contributed by atoms with E-state index in [0.717, 1.165) is 12.3 Å². The van der Waals surface area contributed by atoms with Crippen LogP contribution in [0, 0.1) is 17.8 Å². The number of nitrogens with one attached hydrogen (secondary N) is 2. The minimum Gasteiger partial charge on any atom is -0.456 e. The van der Waals surface area contributed by atoms with Crippen LogP contribution in [-0.2, 0) is 14.3 Å². The zero-order chi connectivity index (χ0) is 16.3. The molecule has 2 aliphatic rings. The molecule has 0 aliphatic heterocycles. The molecule has 2 N–H and O–H groups in total. The van der Waals surface area contributed by atoms with Gasteiger partial charge in [0.2, 0.25) is 0 Å². The van der Waals surface area contributed by atoms with Crippen molar-refractivity contribution in [2.24, 2.45) is 17.8 Å². The normalized spacial score (nSPS) is 26.6. The van der Waals surface area contributed by atoms with Gasteiger partial charge in [-0.05, 0) is 57.8 Å². The van der Waals surface area contributed by atoms with Gasteiger partial charge in [0.1, 0.15) is 0 Å². The summed E-state index contributed by atoms with van der Waals surface area (Å²) in [5.41, 5.74) is -0.428. The van der Waals surface area contributed by atoms with Crippen molar-refractivity contribution in [2.75, 3.05) is 6.61 Å². The summed E-state index contributed by atoms with van der Waals surface area (Å²) in [6.45, 7) is 5.03. The number of urea groups is 1. The molecule has 0 saturated heterocycles. The molecule has 0 radical (unpaired) electrons. The highest BCUT2D eigenvalue weighted by Gasteiger charge is 2.40. The zero-order valence-corrected chi connectivity index (χ0v) is 13.6. The van der Waals surface area contributed by atoms with Gasteiger partial charge in [0, 0.05) is 12.0 Å². The third-order valence-electron chi connectivity index (χ3n) is 4.42. The van der Waals surface area contributed by atoms with E-state index in [0.29, 0.717) is 18.3 Å². The lowest BCUT2D eigenvalue weighted by atomic mass is 9.86. The lowest BCUT2D eigenvalue weighted by Crippen LogP contribution is -2.49. The first-order chi connectivity index (χ1) is 10.2. The quantitative estimate of drug-likeness (QED) is 0.778. The number of amides is 3. The molecule has 2 aliphatic carbocycles. The highest BCUT2D eigenvalue weighted by atomic mass is 16.5. The number of carbonyl (C=O) groups is 3. The van der Waals surface area contributed by atoms with Crippen molar-refractivity contribution in [3.63, 3.8) is 0 Å². The van der Waals surface area contributed by atoms with Gasteiger partial charge in [-0.15, -0.1) is 0 Å². The molecule has 3 amide bonds. The number of esters is 1. The predicted molar refractivity (Wildman–Crippen MR) is 80.9 cm³/mol. The van der Waals surface area contributed by atoms with Crippen molar-refractivity contribution in [3.05, 3.63) is 0 Å². The molecule has 2 fully saturated rings. The summed E-state index contributed by atoms with van der Waals surface area (Å²) in [6, 6.07) is -0.582. The molecule has 3 atom stereocenters. The molecule has 2 bridgehead atoms. The minimum atomic E-state index is -0.608. The molecule has 0 spiro atoms. The van der Waals surface area contributed by atoms with Crippen LogP contribution in [0.4, 0.5) is 4.79 Å². The summed E-state index contributed by atoms with van der Waals surface area (Å²) in [7, 11) is 0. The molecule has 124 valence electrons. The molecule has 0 aromatic heterocycles. The standard InChI is InChI=1S/C16H26N2O4/c1-16(2,3)18-15(21)17-13(19)9-22-14(20)8-12-7-10-4-5-11(12)6-10/h10-12H,4-9H2,1-3H3,(H2,17,18,19,21)/t10-,11-,12+/m0/s1. The molecule has 2 rings (SSSR count). The number of imide groups is 1. The highest BCUT2D eigenvalue weighted by Crippen LogP contribution is 2.49. The lowest BCUT2D eigenvalue weighted by Gasteiger charge is -2.21. The molecule has 0 aromatic carbocycles. The fourth-order valence-corrected chi connectivity index (χ4v) is 3.58. The first kappa shape index (κ1) is 16.8. The second kappa shape index (κ2) is 6.67. The van der Waals surface area contributed by atoms with E-state index < -0.39 is 24.1 Å². The van der Waals surface area contributed by atoms with E-state index in [4.69, 9.17) is 4.74 Å². The summed E-state index contributed by atoms with van der Waals surface area (Å²) < 4.78 is 4.97. The van der Waals surface area contributed by atoms with Crippen LogP contribution in [0.5, 0.6) is 0 Å². The van der Waals surface area contributed by atoms with Crippen LogP contribution in [0.1, 0.15) is 52.9 Å². The van der Waals surface area contributed by atoms with Gasteiger partial charge in [0.05, 0.1) is 0 Å². The van der Waals surface area contributed by atoms with E-state index in [1.165, 1.54) is 19.3 Å². The van der Waals surface area contributed by atoms with E-state index in [1.807, 2.05) is 20.8 Å². The van der Waals surface area contributed by atoms with Gasteiger partial charge < -0.3 is 10.1 Å². The number of ether oxygens (including phenoxy) is 1. The Morgan fingerprint density at radius 3 is 2.41 bits per heavy atom. The van der Waals surface area contributed by atoms with Gasteiger partial charge in [-0.2, -0.15) is 0 Å². The topological polar surface area (TPSA) is 84.5 Å². The van der Waals surface area contributed by atoms with Crippen molar-refractivity contribution < 1.29 is 19.1 Å². The number of carbonyl (C=O) groups excluding carboxylic acids is 3. The fourth-order valence-electron chi connectivity index (χ4n) is 3.58. The van der Waals surface area contributed by atoms with Gasteiger partial charge in [-0.25, -0.2) is 4.79 Å². The lowest BCUT2D eigenvalue weighted by molar-refractivity contribution is -0.149. The van der Waals surface area contributed by atoms with E-state index in [1.54, 1.807) is 0 Å². The van der Waals surface area contributed by atoms with Crippen molar-refractivity contribution >= 4 is 17.9 Å². The zero-order valence-electron chi connectivity index (χ0n) is 13.6. The van der Waals surface area contributed by atoms with Crippen LogP contribution in [0.2, 0.25) is 0 Å². The van der Waals surface area contributed by atoms with Crippen LogP contribution in [0.25, 0.3) is 0 Å². The third kappa shape index (κ3) is 5.00. The second-order valence-corrected chi connectivity index (χ2v) is 7.55. The Morgan fingerprint density at radius 1 is 1.14 bits per heavy atom. The molecule has 6 heteroatoms. The van der Waals surface area contributed by atoms with E-state index in [9.17, 15) is 14.4 Å². The molecule has 2 saturated carbocycles. The molecule has 6 nitrogen and oxygen atoms in total. The van der Waals surface area contributed by atoms with Gasteiger partial charge in [0.15, 0.2) is 6.61 Å². The third-order valence-corrected chi connectivity index (χ3v) is 4.42. The minimum absolute atomic E-state index is 0.344. The number of fused-ring (bicyclic) bond motifs is 2. The Hall–Kier alpha value is -1.59. The van der Waals surface area contributed by atoms with Crippen molar-refractivity contribution in [1.82, 2.24) is 10.6 Å². The summed E-state index contributed by atoms with van der Waals surface area (Å²) in [5, 5.41) is 4.75. The van der Waals surface area contributed by atoms with Crippen LogP contribution < -0.4 is 10.6 Å². The van der Waals surface area contributed by atoms with Crippen LogP contribution in [0.3, 0.4) is 0 Å². The Labute approximate surface area is 131 Å². The number of hydrogen-bond donors (Lipinski definition) is 2. The van der Waals surface area contributed by atoms with Gasteiger partial charge >= 0.3 is 12.0 Å². The SMILES string of the molecule is CC(C)(C)NC(=O)NC(=O)COC(=O)C[C@H]1C[C@H]2CC[C@H]1C2. The average molecular weight is 310 g/mol. The summed E-state index contributed by atoms with van der Waals surface area (Å²) in [6.07, 6.45) is 5.26. The monoisotopic (exact) mass is 310 g/mol. The fraction of sp³-hybridized carbons (Fsp3) is 0.812. The van der Waals surface area contributed by atoms with Crippen molar-refractivity contribution in [2.45, 2.75) is 58.4 Å². The van der Waals surface area contributed by atoms with Crippen molar-refractivity contribution in [1.29, 1.82) is 0 Å². The maximum absolute atomic E-state index is 11.8. The van der Waals surface area contributed by atoms with Gasteiger partial charge in [-0.1, -0.05) is 6.42 Å². The van der Waals surface area contributed by atoms with E-state index >= 15 is 0 Å². The summed E-state index contributed by atoms with van der Waals surface area (Å²) in [4.78, 5) is 34.8. The van der Waals surface area contributed by atoms with Gasteiger partial charge in [-0.3, -0.25) is 14.9 Å². The van der Waals surface area contributed by atoms with Gasteiger partial charge in [0.25, 0.3) is 5.91 Å².